The fourth-order valence-electron chi connectivity index (χ4n) is 1.68. The smallest absolute Gasteiger partial charge is 0.407 e. The van der Waals surface area contributed by atoms with E-state index in [0.29, 0.717) is 6.54 Å². The van der Waals surface area contributed by atoms with Gasteiger partial charge in [-0.15, -0.1) is 0 Å². The Kier molecular flexibility index (Phi) is 5.00. The standard InChI is InChI=1S/C13H24N2O2/c1-13(2,3)17-12(16)14-8-5-11-6-9-15(4)10-7-11/h6H,5,7-10H2,1-4H3,(H,14,16). The molecule has 1 aliphatic heterocycles. The molecule has 0 saturated carbocycles. The first-order valence-electron chi connectivity index (χ1n) is 6.20. The Morgan fingerprint density at radius 3 is 2.76 bits per heavy atom. The topological polar surface area (TPSA) is 41.6 Å². The third-order valence-corrected chi connectivity index (χ3v) is 2.62. The van der Waals surface area contributed by atoms with Crippen LogP contribution in [0.3, 0.4) is 0 Å². The first-order chi connectivity index (χ1) is 7.87. The Balaban J connectivity index is 2.18. The van der Waals surface area contributed by atoms with Gasteiger partial charge >= 0.3 is 6.09 Å². The average molecular weight is 240 g/mol. The van der Waals surface area contributed by atoms with Crippen molar-refractivity contribution in [2.45, 2.75) is 39.2 Å². The third-order valence-electron chi connectivity index (χ3n) is 2.62. The highest BCUT2D eigenvalue weighted by molar-refractivity contribution is 5.67. The molecule has 0 spiro atoms. The normalized spacial score (nSPS) is 17.5. The highest BCUT2D eigenvalue weighted by Gasteiger charge is 2.15. The van der Waals surface area contributed by atoms with Crippen molar-refractivity contribution >= 4 is 6.09 Å². The molecule has 1 rings (SSSR count). The first kappa shape index (κ1) is 14.0. The predicted octanol–water partition coefficient (Wildman–Crippen LogP) is 2.16. The molecule has 0 unspecified atom stereocenters. The van der Waals surface area contributed by atoms with E-state index in [-0.39, 0.29) is 6.09 Å². The number of ether oxygens (including phenoxy) is 1. The number of nitrogens with one attached hydrogen (secondary N) is 1. The van der Waals surface area contributed by atoms with Crippen LogP contribution in [-0.4, -0.2) is 43.3 Å². The fourth-order valence-corrected chi connectivity index (χ4v) is 1.68. The minimum Gasteiger partial charge on any atom is -0.444 e. The van der Waals surface area contributed by atoms with Gasteiger partial charge < -0.3 is 15.0 Å². The molecule has 0 atom stereocenters. The highest BCUT2D eigenvalue weighted by Crippen LogP contribution is 2.12. The molecule has 0 fully saturated rings. The summed E-state index contributed by atoms with van der Waals surface area (Å²) in [6, 6.07) is 0. The summed E-state index contributed by atoms with van der Waals surface area (Å²) in [5.74, 6) is 0. The monoisotopic (exact) mass is 240 g/mol. The molecule has 1 N–H and O–H groups in total. The first-order valence-corrected chi connectivity index (χ1v) is 6.20. The lowest BCUT2D eigenvalue weighted by Crippen LogP contribution is -2.33. The summed E-state index contributed by atoms with van der Waals surface area (Å²) in [4.78, 5) is 13.7. The summed E-state index contributed by atoms with van der Waals surface area (Å²) >= 11 is 0. The van der Waals surface area contributed by atoms with Crippen molar-refractivity contribution in [3.05, 3.63) is 11.6 Å². The molecule has 1 aliphatic rings. The van der Waals surface area contributed by atoms with Crippen molar-refractivity contribution in [3.8, 4) is 0 Å². The van der Waals surface area contributed by atoms with Crippen LogP contribution in [0.5, 0.6) is 0 Å². The number of hydrogen-bond donors (Lipinski definition) is 1. The SMILES string of the molecule is CN1CC=C(CCNC(=O)OC(C)(C)C)CC1. The van der Waals surface area contributed by atoms with Gasteiger partial charge in [0, 0.05) is 19.6 Å². The lowest BCUT2D eigenvalue weighted by atomic mass is 10.1. The minimum absolute atomic E-state index is 0.328. The molecule has 0 bridgehead atoms. The van der Waals surface area contributed by atoms with Crippen LogP contribution in [0.15, 0.2) is 11.6 Å². The molecule has 0 aromatic heterocycles. The van der Waals surface area contributed by atoms with Crippen molar-refractivity contribution < 1.29 is 9.53 Å². The number of carbonyl (C=O) groups excluding carboxylic acids is 1. The summed E-state index contributed by atoms with van der Waals surface area (Å²) in [6.07, 6.45) is 3.95. The Hall–Kier alpha value is -1.03. The maximum atomic E-state index is 11.4. The zero-order valence-corrected chi connectivity index (χ0v) is 11.4. The predicted molar refractivity (Wildman–Crippen MR) is 69.1 cm³/mol. The third kappa shape index (κ3) is 6.31. The molecule has 4 nitrogen and oxygen atoms in total. The van der Waals surface area contributed by atoms with Crippen LogP contribution in [0, 0.1) is 0 Å². The van der Waals surface area contributed by atoms with Crippen LogP contribution < -0.4 is 5.32 Å². The average Bonchev–Trinajstić information content (AvgIpc) is 2.18. The summed E-state index contributed by atoms with van der Waals surface area (Å²) in [5, 5.41) is 2.78. The van der Waals surface area contributed by atoms with Crippen molar-refractivity contribution in [2.24, 2.45) is 0 Å². The van der Waals surface area contributed by atoms with Crippen molar-refractivity contribution in [1.29, 1.82) is 0 Å². The van der Waals surface area contributed by atoms with Crippen LogP contribution in [0.2, 0.25) is 0 Å². The van der Waals surface area contributed by atoms with Gasteiger partial charge in [-0.25, -0.2) is 4.79 Å². The second-order valence-electron chi connectivity index (χ2n) is 5.55. The van der Waals surface area contributed by atoms with Crippen LogP contribution in [0.4, 0.5) is 4.79 Å². The zero-order chi connectivity index (χ0) is 12.9. The second-order valence-corrected chi connectivity index (χ2v) is 5.55. The van der Waals surface area contributed by atoms with Gasteiger partial charge in [-0.3, -0.25) is 0 Å². The van der Waals surface area contributed by atoms with Gasteiger partial charge in [-0.05, 0) is 40.7 Å². The van der Waals surface area contributed by atoms with Crippen LogP contribution in [0.25, 0.3) is 0 Å². The summed E-state index contributed by atoms with van der Waals surface area (Å²) in [5.41, 5.74) is 1.01. The van der Waals surface area contributed by atoms with Gasteiger partial charge in [0.2, 0.25) is 0 Å². The largest absolute Gasteiger partial charge is 0.444 e. The molecule has 0 aromatic carbocycles. The van der Waals surface area contributed by atoms with E-state index in [1.807, 2.05) is 20.8 Å². The molecule has 0 aromatic rings. The Morgan fingerprint density at radius 1 is 1.53 bits per heavy atom. The van der Waals surface area contributed by atoms with Gasteiger partial charge in [-0.1, -0.05) is 11.6 Å². The van der Waals surface area contributed by atoms with Gasteiger partial charge in [0.1, 0.15) is 5.60 Å². The lowest BCUT2D eigenvalue weighted by molar-refractivity contribution is 0.0528. The Bertz CT molecular complexity index is 292. The lowest BCUT2D eigenvalue weighted by Gasteiger charge is -2.22. The fraction of sp³-hybridized carbons (Fsp3) is 0.769. The maximum Gasteiger partial charge on any atom is 0.407 e. The van der Waals surface area contributed by atoms with Gasteiger partial charge in [-0.2, -0.15) is 0 Å². The molecule has 0 radical (unpaired) electrons. The van der Waals surface area contributed by atoms with E-state index in [4.69, 9.17) is 4.74 Å². The molecule has 1 heterocycles. The maximum absolute atomic E-state index is 11.4. The highest BCUT2D eigenvalue weighted by atomic mass is 16.6. The van der Waals surface area contributed by atoms with E-state index in [9.17, 15) is 4.79 Å². The van der Waals surface area contributed by atoms with Gasteiger partial charge in [0.25, 0.3) is 0 Å². The summed E-state index contributed by atoms with van der Waals surface area (Å²) < 4.78 is 5.17. The van der Waals surface area contributed by atoms with Crippen LogP contribution in [0.1, 0.15) is 33.6 Å². The number of likely N-dealkylation sites (N-methyl/N-ethyl adjacent to an activating group) is 1. The number of nitrogens with zero attached hydrogens (tertiary/aromatic N) is 1. The van der Waals surface area contributed by atoms with E-state index in [1.165, 1.54) is 5.57 Å². The van der Waals surface area contributed by atoms with E-state index >= 15 is 0 Å². The minimum atomic E-state index is -0.420. The molecule has 17 heavy (non-hydrogen) atoms. The number of hydrogen-bond acceptors (Lipinski definition) is 3. The van der Waals surface area contributed by atoms with Gasteiger partial charge in [0.05, 0.1) is 0 Å². The van der Waals surface area contributed by atoms with E-state index in [2.05, 4.69) is 23.3 Å². The summed E-state index contributed by atoms with van der Waals surface area (Å²) in [7, 11) is 2.12. The van der Waals surface area contributed by atoms with Crippen molar-refractivity contribution in [3.63, 3.8) is 0 Å². The number of alkyl carbamates (subject to hydrolysis) is 1. The van der Waals surface area contributed by atoms with E-state index in [1.54, 1.807) is 0 Å². The van der Waals surface area contributed by atoms with Crippen molar-refractivity contribution in [2.75, 3.05) is 26.7 Å². The second kappa shape index (κ2) is 6.05. The number of rotatable bonds is 3. The van der Waals surface area contributed by atoms with E-state index < -0.39 is 5.60 Å². The Labute approximate surface area is 104 Å². The molecular formula is C13H24N2O2. The zero-order valence-electron chi connectivity index (χ0n) is 11.4. The quantitative estimate of drug-likeness (QED) is 0.769. The van der Waals surface area contributed by atoms with Gasteiger partial charge in [0.15, 0.2) is 0 Å². The van der Waals surface area contributed by atoms with E-state index in [0.717, 1.165) is 25.9 Å². The molecule has 4 heteroatoms. The molecule has 1 amide bonds. The number of carbonyl (C=O) groups is 1. The van der Waals surface area contributed by atoms with Crippen LogP contribution in [-0.2, 0) is 4.74 Å². The van der Waals surface area contributed by atoms with Crippen LogP contribution >= 0.6 is 0 Å². The Morgan fingerprint density at radius 2 is 2.24 bits per heavy atom. The molecule has 98 valence electrons. The summed E-state index contributed by atoms with van der Waals surface area (Å²) in [6.45, 7) is 8.38. The molecule has 0 saturated heterocycles. The number of amides is 1. The molecule has 0 aliphatic carbocycles. The van der Waals surface area contributed by atoms with Crippen molar-refractivity contribution in [1.82, 2.24) is 10.2 Å². The molecular weight excluding hydrogens is 216 g/mol.